The fraction of sp³-hybridized carbons (Fsp3) is 0.920. The van der Waals surface area contributed by atoms with Gasteiger partial charge < -0.3 is 9.47 Å². The molecule has 0 aliphatic carbocycles. The van der Waals surface area contributed by atoms with Crippen LogP contribution in [0.15, 0.2) is 0 Å². The third kappa shape index (κ3) is 15.7. The largest absolute Gasteiger partial charge is 0.356 e. The van der Waals surface area contributed by atoms with Gasteiger partial charge in [0.15, 0.2) is 0 Å². The monoisotopic (exact) mass is 414 g/mol. The van der Waals surface area contributed by atoms with Crippen LogP contribution in [-0.2, 0) is 19.1 Å². The fourth-order valence-corrected chi connectivity index (χ4v) is 3.18. The second kappa shape index (κ2) is 13.5. The normalized spacial score (nSPS) is 14.6. The van der Waals surface area contributed by atoms with Crippen molar-refractivity contribution >= 4 is 11.6 Å². The van der Waals surface area contributed by atoms with E-state index in [0.717, 1.165) is 25.9 Å². The molecule has 0 fully saturated rings. The van der Waals surface area contributed by atoms with Crippen molar-refractivity contribution in [3.63, 3.8) is 0 Å². The van der Waals surface area contributed by atoms with Crippen molar-refractivity contribution in [2.24, 2.45) is 22.7 Å². The average molecular weight is 415 g/mol. The van der Waals surface area contributed by atoms with Crippen molar-refractivity contribution in [1.82, 2.24) is 0 Å². The summed E-state index contributed by atoms with van der Waals surface area (Å²) in [5.74, 6) is 0.346. The summed E-state index contributed by atoms with van der Waals surface area (Å²) in [6, 6.07) is 0. The average Bonchev–Trinajstić information content (AvgIpc) is 2.53. The molecule has 0 aromatic heterocycles. The summed E-state index contributed by atoms with van der Waals surface area (Å²) in [5.41, 5.74) is 0.0304. The fourth-order valence-electron chi connectivity index (χ4n) is 3.18. The Morgan fingerprint density at radius 3 is 1.72 bits per heavy atom. The lowest BCUT2D eigenvalue weighted by molar-refractivity contribution is -0.132. The molecule has 0 aromatic carbocycles. The summed E-state index contributed by atoms with van der Waals surface area (Å²) < 4.78 is 10.2. The summed E-state index contributed by atoms with van der Waals surface area (Å²) in [4.78, 5) is 24.4. The van der Waals surface area contributed by atoms with E-state index in [1.165, 1.54) is 0 Å². The number of carbonyl (C=O) groups excluding carboxylic acids is 2. The van der Waals surface area contributed by atoms with Crippen molar-refractivity contribution in [2.75, 3.05) is 13.4 Å². The molecule has 0 aromatic rings. The standard InChI is InChI=1S/C18H34O2.C7H16O2/c1-9-15(17(4,5)6)16(20)11-14(13(3)19)12-18(7,8)10-2;1-5-8-6-9-7(2,3)4/h14-15H,9-12H2,1-8H3;5-6H2,1-4H3/t14?,15-;/m1./s1. The summed E-state index contributed by atoms with van der Waals surface area (Å²) in [6.45, 7) is 25.6. The lowest BCUT2D eigenvalue weighted by Gasteiger charge is -2.31. The van der Waals surface area contributed by atoms with Crippen LogP contribution in [0.5, 0.6) is 0 Å². The zero-order valence-corrected chi connectivity index (χ0v) is 21.5. The Bertz CT molecular complexity index is 466. The number of rotatable bonds is 11. The van der Waals surface area contributed by atoms with Gasteiger partial charge in [-0.25, -0.2) is 0 Å². The van der Waals surface area contributed by atoms with Crippen molar-refractivity contribution in [1.29, 1.82) is 0 Å². The minimum Gasteiger partial charge on any atom is -0.356 e. The van der Waals surface area contributed by atoms with Gasteiger partial charge >= 0.3 is 0 Å². The first-order chi connectivity index (χ1) is 13.0. The van der Waals surface area contributed by atoms with Gasteiger partial charge in [0.25, 0.3) is 0 Å². The third-order valence-corrected chi connectivity index (χ3v) is 5.40. The van der Waals surface area contributed by atoms with Crippen LogP contribution in [0.1, 0.15) is 109 Å². The molecule has 4 nitrogen and oxygen atoms in total. The maximum atomic E-state index is 12.6. The predicted molar refractivity (Wildman–Crippen MR) is 123 cm³/mol. The summed E-state index contributed by atoms with van der Waals surface area (Å²) in [7, 11) is 0. The van der Waals surface area contributed by atoms with Crippen LogP contribution in [0.4, 0.5) is 0 Å². The number of hydrogen-bond acceptors (Lipinski definition) is 4. The first-order valence-electron chi connectivity index (χ1n) is 11.3. The lowest BCUT2D eigenvalue weighted by Crippen LogP contribution is -2.32. The minimum atomic E-state index is -0.117. The van der Waals surface area contributed by atoms with E-state index in [1.54, 1.807) is 6.92 Å². The lowest BCUT2D eigenvalue weighted by atomic mass is 9.72. The van der Waals surface area contributed by atoms with E-state index in [9.17, 15) is 9.59 Å². The SMILES string of the molecule is CCOCOC(C)(C)C.CC[C@H](C(=O)CC(CC(C)(C)CC)C(C)=O)C(C)(C)C. The Hall–Kier alpha value is -0.740. The van der Waals surface area contributed by atoms with Gasteiger partial charge in [-0.05, 0) is 58.3 Å². The molecular formula is C25H50O4. The molecule has 0 rings (SSSR count). The van der Waals surface area contributed by atoms with Crippen LogP contribution in [0.25, 0.3) is 0 Å². The highest BCUT2D eigenvalue weighted by molar-refractivity contribution is 5.88. The second-order valence-corrected chi connectivity index (χ2v) is 10.9. The predicted octanol–water partition coefficient (Wildman–Crippen LogP) is 6.84. The molecule has 0 saturated carbocycles. The molecule has 0 aliphatic heterocycles. The van der Waals surface area contributed by atoms with Crippen LogP contribution in [0.2, 0.25) is 0 Å². The van der Waals surface area contributed by atoms with E-state index in [4.69, 9.17) is 9.47 Å². The van der Waals surface area contributed by atoms with E-state index in [0.29, 0.717) is 13.2 Å². The summed E-state index contributed by atoms with van der Waals surface area (Å²) in [5, 5.41) is 0. The van der Waals surface area contributed by atoms with Gasteiger partial charge in [-0.1, -0.05) is 54.9 Å². The number of Topliss-reactive ketones (excluding diaryl/α,β-unsaturated/α-hetero) is 2. The van der Waals surface area contributed by atoms with E-state index < -0.39 is 0 Å². The number of hydrogen-bond donors (Lipinski definition) is 0. The van der Waals surface area contributed by atoms with Crippen LogP contribution in [0, 0.1) is 22.7 Å². The molecule has 0 spiro atoms. The molecule has 0 amide bonds. The number of ketones is 2. The van der Waals surface area contributed by atoms with Crippen molar-refractivity contribution in [2.45, 2.75) is 114 Å². The van der Waals surface area contributed by atoms with E-state index in [1.807, 2.05) is 27.7 Å². The molecule has 1 unspecified atom stereocenters. The molecule has 29 heavy (non-hydrogen) atoms. The van der Waals surface area contributed by atoms with Gasteiger partial charge in [-0.2, -0.15) is 0 Å². The first kappa shape index (κ1) is 30.5. The number of carbonyl (C=O) groups is 2. The zero-order chi connectivity index (χ0) is 23.5. The smallest absolute Gasteiger partial charge is 0.147 e. The summed E-state index contributed by atoms with van der Waals surface area (Å²) >= 11 is 0. The van der Waals surface area contributed by atoms with Crippen molar-refractivity contribution < 1.29 is 19.1 Å². The van der Waals surface area contributed by atoms with Gasteiger partial charge in [0.1, 0.15) is 18.4 Å². The van der Waals surface area contributed by atoms with Gasteiger partial charge in [0, 0.05) is 24.9 Å². The Kier molecular flexibility index (Phi) is 14.2. The van der Waals surface area contributed by atoms with E-state index in [-0.39, 0.29) is 39.8 Å². The maximum absolute atomic E-state index is 12.6. The molecule has 0 N–H and O–H groups in total. The Morgan fingerprint density at radius 2 is 1.41 bits per heavy atom. The topological polar surface area (TPSA) is 52.6 Å². The van der Waals surface area contributed by atoms with Gasteiger partial charge in [0.05, 0.1) is 5.60 Å². The van der Waals surface area contributed by atoms with Crippen molar-refractivity contribution in [3.8, 4) is 0 Å². The minimum absolute atomic E-state index is 0.0204. The van der Waals surface area contributed by atoms with Gasteiger partial charge in [-0.15, -0.1) is 0 Å². The van der Waals surface area contributed by atoms with E-state index >= 15 is 0 Å². The highest BCUT2D eigenvalue weighted by atomic mass is 16.7. The van der Waals surface area contributed by atoms with Crippen molar-refractivity contribution in [3.05, 3.63) is 0 Å². The molecule has 0 saturated heterocycles. The summed E-state index contributed by atoms with van der Waals surface area (Å²) in [6.07, 6.45) is 3.10. The quantitative estimate of drug-likeness (QED) is 0.274. The van der Waals surface area contributed by atoms with Crippen LogP contribution >= 0.6 is 0 Å². The van der Waals surface area contributed by atoms with Crippen LogP contribution in [-0.4, -0.2) is 30.6 Å². The van der Waals surface area contributed by atoms with Crippen LogP contribution < -0.4 is 0 Å². The second-order valence-electron chi connectivity index (χ2n) is 10.9. The van der Waals surface area contributed by atoms with E-state index in [2.05, 4.69) is 48.5 Å². The molecular weight excluding hydrogens is 364 g/mol. The Morgan fingerprint density at radius 1 is 0.897 bits per heavy atom. The van der Waals surface area contributed by atoms with Gasteiger partial charge in [0.2, 0.25) is 0 Å². The molecule has 0 radical (unpaired) electrons. The highest BCUT2D eigenvalue weighted by Gasteiger charge is 2.33. The number of ether oxygens (including phenoxy) is 2. The molecule has 174 valence electrons. The maximum Gasteiger partial charge on any atom is 0.147 e. The molecule has 0 heterocycles. The third-order valence-electron chi connectivity index (χ3n) is 5.40. The molecule has 0 aliphatic rings. The highest BCUT2D eigenvalue weighted by Crippen LogP contribution is 2.35. The molecule has 2 atom stereocenters. The molecule has 4 heteroatoms. The first-order valence-corrected chi connectivity index (χ1v) is 11.3. The zero-order valence-electron chi connectivity index (χ0n) is 21.5. The molecule has 0 bridgehead atoms. The Labute approximate surface area is 181 Å². The van der Waals surface area contributed by atoms with Crippen LogP contribution in [0.3, 0.4) is 0 Å². The Balaban J connectivity index is 0. The van der Waals surface area contributed by atoms with Gasteiger partial charge in [-0.3, -0.25) is 9.59 Å².